The molecule has 0 unspecified atom stereocenters. The molecular weight excluding hydrogens is 409 g/mol. The van der Waals surface area contributed by atoms with Gasteiger partial charge in [0.25, 0.3) is 0 Å². The standard InChI is InChI=1S/C13H9BrINO2/c14-11-7-6-9(15)8-12(11)16-13(17)18-10-4-2-1-3-5-10/h1-8H,(H,16,17). The van der Waals surface area contributed by atoms with Crippen LogP contribution in [-0.2, 0) is 0 Å². The van der Waals surface area contributed by atoms with E-state index in [0.717, 1.165) is 8.04 Å². The summed E-state index contributed by atoms with van der Waals surface area (Å²) in [6, 6.07) is 14.6. The highest BCUT2D eigenvalue weighted by Crippen LogP contribution is 2.24. The van der Waals surface area contributed by atoms with Crippen LogP contribution in [0.4, 0.5) is 10.5 Å². The summed E-state index contributed by atoms with van der Waals surface area (Å²) in [5, 5.41) is 2.69. The van der Waals surface area contributed by atoms with Crippen molar-refractivity contribution in [3.8, 4) is 5.75 Å². The topological polar surface area (TPSA) is 38.3 Å². The van der Waals surface area contributed by atoms with Crippen molar-refractivity contribution in [3.05, 3.63) is 56.6 Å². The van der Waals surface area contributed by atoms with Crippen molar-refractivity contribution < 1.29 is 9.53 Å². The van der Waals surface area contributed by atoms with Gasteiger partial charge in [0.2, 0.25) is 0 Å². The molecule has 2 aromatic carbocycles. The molecule has 0 heterocycles. The number of nitrogens with one attached hydrogen (secondary N) is 1. The molecule has 92 valence electrons. The van der Waals surface area contributed by atoms with Crippen molar-refractivity contribution in [2.75, 3.05) is 5.32 Å². The Hall–Kier alpha value is -1.08. The first kappa shape index (κ1) is 13.4. The minimum Gasteiger partial charge on any atom is -0.410 e. The van der Waals surface area contributed by atoms with Gasteiger partial charge in [-0.15, -0.1) is 0 Å². The van der Waals surface area contributed by atoms with Crippen LogP contribution in [0, 0.1) is 3.57 Å². The normalized spacial score (nSPS) is 9.89. The zero-order valence-electron chi connectivity index (χ0n) is 9.19. The Morgan fingerprint density at radius 2 is 1.89 bits per heavy atom. The summed E-state index contributed by atoms with van der Waals surface area (Å²) in [6.07, 6.45) is -0.510. The molecule has 0 aliphatic rings. The SMILES string of the molecule is O=C(Nc1cc(I)ccc1Br)Oc1ccccc1. The molecule has 3 nitrogen and oxygen atoms in total. The molecule has 0 aliphatic carbocycles. The van der Waals surface area contributed by atoms with Gasteiger partial charge in [-0.3, -0.25) is 5.32 Å². The summed E-state index contributed by atoms with van der Waals surface area (Å²) >= 11 is 5.55. The van der Waals surface area contributed by atoms with Crippen LogP contribution in [-0.4, -0.2) is 6.09 Å². The van der Waals surface area contributed by atoms with E-state index >= 15 is 0 Å². The van der Waals surface area contributed by atoms with Crippen LogP contribution in [0.25, 0.3) is 0 Å². The van der Waals surface area contributed by atoms with Gasteiger partial charge >= 0.3 is 6.09 Å². The molecule has 0 atom stereocenters. The monoisotopic (exact) mass is 417 g/mol. The third kappa shape index (κ3) is 3.71. The fourth-order valence-corrected chi connectivity index (χ4v) is 2.16. The molecule has 0 radical (unpaired) electrons. The predicted octanol–water partition coefficient (Wildman–Crippen LogP) is 4.66. The smallest absolute Gasteiger partial charge is 0.410 e. The molecule has 0 fully saturated rings. The zero-order valence-corrected chi connectivity index (χ0v) is 12.9. The number of amides is 1. The maximum absolute atomic E-state index is 11.7. The lowest BCUT2D eigenvalue weighted by Crippen LogP contribution is -2.17. The highest BCUT2D eigenvalue weighted by atomic mass is 127. The number of rotatable bonds is 2. The maximum Gasteiger partial charge on any atom is 0.417 e. The quantitative estimate of drug-likeness (QED) is 0.721. The fourth-order valence-electron chi connectivity index (χ4n) is 1.32. The lowest BCUT2D eigenvalue weighted by Gasteiger charge is -2.08. The summed E-state index contributed by atoms with van der Waals surface area (Å²) < 4.78 is 6.99. The summed E-state index contributed by atoms with van der Waals surface area (Å²) in [5.41, 5.74) is 0.683. The van der Waals surface area contributed by atoms with Crippen LogP contribution in [0.3, 0.4) is 0 Å². The Balaban J connectivity index is 2.05. The third-order valence-corrected chi connectivity index (χ3v) is 3.48. The van der Waals surface area contributed by atoms with Crippen molar-refractivity contribution in [1.82, 2.24) is 0 Å². The minimum absolute atomic E-state index is 0.510. The van der Waals surface area contributed by atoms with Crippen molar-refractivity contribution in [3.63, 3.8) is 0 Å². The first-order valence-corrected chi connectivity index (χ1v) is 7.01. The van der Waals surface area contributed by atoms with E-state index in [-0.39, 0.29) is 0 Å². The number of anilines is 1. The second-order valence-electron chi connectivity index (χ2n) is 3.45. The second kappa shape index (κ2) is 6.19. The lowest BCUT2D eigenvalue weighted by atomic mass is 10.3. The Morgan fingerprint density at radius 1 is 1.17 bits per heavy atom. The molecule has 2 aromatic rings. The molecule has 18 heavy (non-hydrogen) atoms. The zero-order chi connectivity index (χ0) is 13.0. The molecular formula is C13H9BrINO2. The molecule has 2 rings (SSSR count). The second-order valence-corrected chi connectivity index (χ2v) is 5.55. The van der Waals surface area contributed by atoms with Gasteiger partial charge in [-0.1, -0.05) is 18.2 Å². The van der Waals surface area contributed by atoms with E-state index in [1.165, 1.54) is 0 Å². The molecule has 0 aliphatic heterocycles. The van der Waals surface area contributed by atoms with Crippen molar-refractivity contribution in [1.29, 1.82) is 0 Å². The largest absolute Gasteiger partial charge is 0.417 e. The van der Waals surface area contributed by atoms with E-state index in [1.807, 2.05) is 36.4 Å². The van der Waals surface area contributed by atoms with E-state index in [4.69, 9.17) is 4.74 Å². The van der Waals surface area contributed by atoms with Crippen molar-refractivity contribution in [2.24, 2.45) is 0 Å². The number of halogens is 2. The van der Waals surface area contributed by atoms with Gasteiger partial charge in [-0.05, 0) is 68.9 Å². The number of para-hydroxylation sites is 1. The summed E-state index contributed by atoms with van der Waals surface area (Å²) in [7, 11) is 0. The third-order valence-electron chi connectivity index (χ3n) is 2.12. The Bertz CT molecular complexity index is 560. The maximum atomic E-state index is 11.7. The molecule has 1 N–H and O–H groups in total. The van der Waals surface area contributed by atoms with E-state index in [0.29, 0.717) is 11.4 Å². The van der Waals surface area contributed by atoms with Crippen LogP contribution in [0.2, 0.25) is 0 Å². The number of ether oxygens (including phenoxy) is 1. The summed E-state index contributed by atoms with van der Waals surface area (Å²) in [6.45, 7) is 0. The van der Waals surface area contributed by atoms with Crippen molar-refractivity contribution in [2.45, 2.75) is 0 Å². The predicted molar refractivity (Wildman–Crippen MR) is 82.9 cm³/mol. The average molecular weight is 418 g/mol. The summed E-state index contributed by atoms with van der Waals surface area (Å²) in [5.74, 6) is 0.511. The Labute approximate surface area is 127 Å². The number of carbonyl (C=O) groups excluding carboxylic acids is 1. The van der Waals surface area contributed by atoms with Crippen LogP contribution in [0.1, 0.15) is 0 Å². The van der Waals surface area contributed by atoms with E-state index in [9.17, 15) is 4.79 Å². The summed E-state index contributed by atoms with van der Waals surface area (Å²) in [4.78, 5) is 11.7. The average Bonchev–Trinajstić information content (AvgIpc) is 2.35. The van der Waals surface area contributed by atoms with E-state index < -0.39 is 6.09 Å². The molecule has 0 bridgehead atoms. The molecule has 0 saturated heterocycles. The van der Waals surface area contributed by atoms with Gasteiger partial charge in [-0.2, -0.15) is 0 Å². The van der Waals surface area contributed by atoms with Gasteiger partial charge in [0.1, 0.15) is 5.75 Å². The lowest BCUT2D eigenvalue weighted by molar-refractivity contribution is 0.215. The fraction of sp³-hybridized carbons (Fsp3) is 0. The van der Waals surface area contributed by atoms with Gasteiger partial charge in [0, 0.05) is 8.04 Å². The molecule has 0 aromatic heterocycles. The van der Waals surface area contributed by atoms with E-state index in [1.54, 1.807) is 12.1 Å². The van der Waals surface area contributed by atoms with Gasteiger partial charge in [0.15, 0.2) is 0 Å². The number of benzene rings is 2. The van der Waals surface area contributed by atoms with Crippen LogP contribution >= 0.6 is 38.5 Å². The number of hydrogen-bond acceptors (Lipinski definition) is 2. The Morgan fingerprint density at radius 3 is 2.61 bits per heavy atom. The molecule has 0 saturated carbocycles. The van der Waals surface area contributed by atoms with Crippen LogP contribution in [0.5, 0.6) is 5.75 Å². The first-order chi connectivity index (χ1) is 8.65. The van der Waals surface area contributed by atoms with Crippen LogP contribution in [0.15, 0.2) is 53.0 Å². The molecule has 0 spiro atoms. The van der Waals surface area contributed by atoms with E-state index in [2.05, 4.69) is 43.8 Å². The van der Waals surface area contributed by atoms with Gasteiger partial charge in [-0.25, -0.2) is 4.79 Å². The highest BCUT2D eigenvalue weighted by molar-refractivity contribution is 14.1. The number of carbonyl (C=O) groups is 1. The van der Waals surface area contributed by atoms with Crippen molar-refractivity contribution >= 4 is 50.3 Å². The van der Waals surface area contributed by atoms with Gasteiger partial charge in [0.05, 0.1) is 5.69 Å². The van der Waals surface area contributed by atoms with Gasteiger partial charge < -0.3 is 4.74 Å². The Kier molecular flexibility index (Phi) is 4.60. The minimum atomic E-state index is -0.510. The number of hydrogen-bond donors (Lipinski definition) is 1. The molecule has 5 heteroatoms. The molecule has 1 amide bonds. The van der Waals surface area contributed by atoms with Crippen LogP contribution < -0.4 is 10.1 Å². The highest BCUT2D eigenvalue weighted by Gasteiger charge is 2.07. The first-order valence-electron chi connectivity index (χ1n) is 5.14.